The van der Waals surface area contributed by atoms with E-state index in [0.29, 0.717) is 0 Å². The normalized spacial score (nSPS) is 10.0. The molecule has 0 saturated heterocycles. The van der Waals surface area contributed by atoms with E-state index in [1.54, 1.807) is 6.26 Å². The number of nitrogens with one attached hydrogen (secondary N) is 1. The SMILES string of the molecule is O=C(O)C(=O)O.c1coc(CNCc2cccc3ccccc23)c1. The topological polar surface area (TPSA) is 99.8 Å². The summed E-state index contributed by atoms with van der Waals surface area (Å²) in [4.78, 5) is 18.2. The summed E-state index contributed by atoms with van der Waals surface area (Å²) in [6, 6.07) is 18.8. The van der Waals surface area contributed by atoms with Crippen molar-refractivity contribution in [3.8, 4) is 0 Å². The summed E-state index contributed by atoms with van der Waals surface area (Å²) in [7, 11) is 0. The third-order valence-corrected chi connectivity index (χ3v) is 3.26. The van der Waals surface area contributed by atoms with E-state index in [4.69, 9.17) is 24.2 Å². The third-order valence-electron chi connectivity index (χ3n) is 3.26. The second kappa shape index (κ2) is 8.50. The monoisotopic (exact) mass is 327 g/mol. The number of carboxylic acid groups (broad SMARTS) is 2. The molecule has 1 heterocycles. The molecule has 0 unspecified atom stereocenters. The van der Waals surface area contributed by atoms with Crippen molar-refractivity contribution < 1.29 is 24.2 Å². The molecule has 2 aromatic carbocycles. The molecule has 3 rings (SSSR count). The number of rotatable bonds is 4. The Morgan fingerprint density at radius 3 is 2.25 bits per heavy atom. The van der Waals surface area contributed by atoms with Crippen molar-refractivity contribution in [2.24, 2.45) is 0 Å². The van der Waals surface area contributed by atoms with Crippen molar-refractivity contribution in [3.05, 3.63) is 72.2 Å². The first kappa shape index (κ1) is 17.2. The number of carbonyl (C=O) groups is 2. The Balaban J connectivity index is 0.000000301. The van der Waals surface area contributed by atoms with Gasteiger partial charge in [0, 0.05) is 6.54 Å². The summed E-state index contributed by atoms with van der Waals surface area (Å²) in [5, 5.41) is 20.8. The van der Waals surface area contributed by atoms with Crippen molar-refractivity contribution in [1.82, 2.24) is 5.32 Å². The van der Waals surface area contributed by atoms with E-state index in [1.165, 1.54) is 16.3 Å². The molecule has 24 heavy (non-hydrogen) atoms. The van der Waals surface area contributed by atoms with Crippen LogP contribution in [0.4, 0.5) is 0 Å². The van der Waals surface area contributed by atoms with Crippen LogP contribution >= 0.6 is 0 Å². The molecule has 0 spiro atoms. The molecule has 6 nitrogen and oxygen atoms in total. The Bertz CT molecular complexity index is 794. The summed E-state index contributed by atoms with van der Waals surface area (Å²) in [5.41, 5.74) is 1.32. The molecule has 0 saturated carbocycles. The van der Waals surface area contributed by atoms with Crippen LogP contribution < -0.4 is 5.32 Å². The lowest BCUT2D eigenvalue weighted by atomic mass is 10.0. The largest absolute Gasteiger partial charge is 0.473 e. The highest BCUT2D eigenvalue weighted by Crippen LogP contribution is 2.18. The molecule has 0 radical (unpaired) electrons. The Morgan fingerprint density at radius 1 is 0.875 bits per heavy atom. The van der Waals surface area contributed by atoms with E-state index in [9.17, 15) is 0 Å². The number of furan rings is 1. The second-order valence-electron chi connectivity index (χ2n) is 4.93. The minimum absolute atomic E-state index is 0.760. The first-order valence-corrected chi connectivity index (χ1v) is 7.24. The van der Waals surface area contributed by atoms with Gasteiger partial charge in [-0.25, -0.2) is 9.59 Å². The van der Waals surface area contributed by atoms with Gasteiger partial charge in [-0.3, -0.25) is 0 Å². The zero-order valence-corrected chi connectivity index (χ0v) is 12.8. The highest BCUT2D eigenvalue weighted by Gasteiger charge is 2.04. The van der Waals surface area contributed by atoms with Crippen LogP contribution in [0.3, 0.4) is 0 Å². The molecule has 0 bridgehead atoms. The maximum absolute atomic E-state index is 9.10. The molecule has 3 aromatic rings. The van der Waals surface area contributed by atoms with Crippen LogP contribution in [0.15, 0.2) is 65.3 Å². The van der Waals surface area contributed by atoms with E-state index in [2.05, 4.69) is 47.8 Å². The van der Waals surface area contributed by atoms with Gasteiger partial charge in [-0.2, -0.15) is 0 Å². The molecule has 6 heteroatoms. The number of carboxylic acids is 2. The van der Waals surface area contributed by atoms with Crippen molar-refractivity contribution in [3.63, 3.8) is 0 Å². The highest BCUT2D eigenvalue weighted by molar-refractivity contribution is 6.27. The molecule has 0 fully saturated rings. The first-order valence-electron chi connectivity index (χ1n) is 7.24. The lowest BCUT2D eigenvalue weighted by Crippen LogP contribution is -2.12. The second-order valence-corrected chi connectivity index (χ2v) is 4.93. The van der Waals surface area contributed by atoms with Gasteiger partial charge in [0.05, 0.1) is 12.8 Å². The quantitative estimate of drug-likeness (QED) is 0.637. The van der Waals surface area contributed by atoms with Gasteiger partial charge < -0.3 is 19.9 Å². The van der Waals surface area contributed by atoms with Gasteiger partial charge in [0.1, 0.15) is 5.76 Å². The van der Waals surface area contributed by atoms with E-state index in [0.717, 1.165) is 18.8 Å². The maximum atomic E-state index is 9.10. The molecule has 124 valence electrons. The zero-order chi connectivity index (χ0) is 17.4. The summed E-state index contributed by atoms with van der Waals surface area (Å²) < 4.78 is 5.30. The average molecular weight is 327 g/mol. The number of aliphatic carboxylic acids is 2. The number of hydrogen-bond acceptors (Lipinski definition) is 4. The lowest BCUT2D eigenvalue weighted by molar-refractivity contribution is -0.159. The minimum Gasteiger partial charge on any atom is -0.473 e. The molecular weight excluding hydrogens is 310 g/mol. The van der Waals surface area contributed by atoms with E-state index in [-0.39, 0.29) is 0 Å². The van der Waals surface area contributed by atoms with Crippen LogP contribution in [0.5, 0.6) is 0 Å². The summed E-state index contributed by atoms with van der Waals surface area (Å²) in [5.74, 6) is -2.68. The molecule has 0 aliphatic carbocycles. The van der Waals surface area contributed by atoms with Crippen LogP contribution in [0.1, 0.15) is 11.3 Å². The van der Waals surface area contributed by atoms with Gasteiger partial charge in [-0.15, -0.1) is 0 Å². The fraction of sp³-hybridized carbons (Fsp3) is 0.111. The van der Waals surface area contributed by atoms with Gasteiger partial charge in [0.15, 0.2) is 0 Å². The van der Waals surface area contributed by atoms with Crippen LogP contribution in [0.2, 0.25) is 0 Å². The Kier molecular flexibility index (Phi) is 6.10. The van der Waals surface area contributed by atoms with E-state index in [1.807, 2.05) is 12.1 Å². The number of hydrogen-bond donors (Lipinski definition) is 3. The predicted molar refractivity (Wildman–Crippen MR) is 88.5 cm³/mol. The van der Waals surface area contributed by atoms with Crippen molar-refractivity contribution in [1.29, 1.82) is 0 Å². The maximum Gasteiger partial charge on any atom is 0.414 e. The molecule has 0 atom stereocenters. The molecule has 0 aliphatic heterocycles. The van der Waals surface area contributed by atoms with Crippen LogP contribution in [0, 0.1) is 0 Å². The van der Waals surface area contributed by atoms with Gasteiger partial charge in [-0.1, -0.05) is 42.5 Å². The van der Waals surface area contributed by atoms with Gasteiger partial charge in [0.25, 0.3) is 0 Å². The Labute approximate surface area is 138 Å². The summed E-state index contributed by atoms with van der Waals surface area (Å²) >= 11 is 0. The fourth-order valence-corrected chi connectivity index (χ4v) is 2.18. The highest BCUT2D eigenvalue weighted by atomic mass is 16.4. The molecule has 0 aliphatic rings. The Hall–Kier alpha value is -3.12. The van der Waals surface area contributed by atoms with Crippen LogP contribution in [0.25, 0.3) is 10.8 Å². The van der Waals surface area contributed by atoms with Gasteiger partial charge in [-0.05, 0) is 28.5 Å². The summed E-state index contributed by atoms with van der Waals surface area (Å²) in [6.45, 7) is 1.61. The molecular formula is C18H17NO5. The average Bonchev–Trinajstić information content (AvgIpc) is 3.09. The molecule has 0 amide bonds. The Morgan fingerprint density at radius 2 is 1.58 bits per heavy atom. The van der Waals surface area contributed by atoms with Gasteiger partial charge in [0.2, 0.25) is 0 Å². The summed E-state index contributed by atoms with van der Waals surface area (Å²) in [6.07, 6.45) is 1.70. The van der Waals surface area contributed by atoms with E-state index >= 15 is 0 Å². The van der Waals surface area contributed by atoms with Crippen molar-refractivity contribution in [2.45, 2.75) is 13.1 Å². The molecule has 3 N–H and O–H groups in total. The minimum atomic E-state index is -1.82. The number of benzene rings is 2. The number of fused-ring (bicyclic) bond motifs is 1. The third kappa shape index (κ3) is 4.96. The molecule has 1 aromatic heterocycles. The van der Waals surface area contributed by atoms with Crippen molar-refractivity contribution in [2.75, 3.05) is 0 Å². The zero-order valence-electron chi connectivity index (χ0n) is 12.8. The first-order chi connectivity index (χ1) is 11.6. The smallest absolute Gasteiger partial charge is 0.414 e. The lowest BCUT2D eigenvalue weighted by Gasteiger charge is -2.07. The van der Waals surface area contributed by atoms with Crippen LogP contribution in [-0.2, 0) is 22.7 Å². The van der Waals surface area contributed by atoms with E-state index < -0.39 is 11.9 Å². The van der Waals surface area contributed by atoms with Crippen molar-refractivity contribution >= 4 is 22.7 Å². The van der Waals surface area contributed by atoms with Crippen LogP contribution in [-0.4, -0.2) is 22.2 Å². The predicted octanol–water partition coefficient (Wildman–Crippen LogP) is 2.88. The fourth-order valence-electron chi connectivity index (χ4n) is 2.18. The standard InChI is InChI=1S/C16H15NO.C2H2O4/c1-2-9-16-13(5-1)6-3-7-14(16)11-17-12-15-8-4-10-18-15;3-1(4)2(5)6/h1-10,17H,11-12H2;(H,3,4)(H,5,6). The van der Waals surface area contributed by atoms with Gasteiger partial charge >= 0.3 is 11.9 Å².